The molecule has 0 aromatic carbocycles. The van der Waals surface area contributed by atoms with Crippen molar-refractivity contribution >= 4 is 0 Å². The Morgan fingerprint density at radius 2 is 1.83 bits per heavy atom. The first-order valence-electron chi connectivity index (χ1n) is 7.03. The van der Waals surface area contributed by atoms with Crippen LogP contribution in [-0.2, 0) is 0 Å². The summed E-state index contributed by atoms with van der Waals surface area (Å²) in [6, 6.07) is 2.32. The van der Waals surface area contributed by atoms with Crippen molar-refractivity contribution in [3.05, 3.63) is 0 Å². The fourth-order valence-electron chi connectivity index (χ4n) is 2.18. The number of nitriles is 1. The Morgan fingerprint density at radius 3 is 2.33 bits per heavy atom. The number of rotatable bonds is 9. The second-order valence-electron chi connectivity index (χ2n) is 6.72. The van der Waals surface area contributed by atoms with Crippen molar-refractivity contribution < 1.29 is 5.11 Å². The molecule has 18 heavy (non-hydrogen) atoms. The Balaban J connectivity index is 3.60. The molecule has 1 unspecified atom stereocenters. The lowest BCUT2D eigenvalue weighted by atomic mass is 9.89. The zero-order valence-electron chi connectivity index (χ0n) is 12.7. The van der Waals surface area contributed by atoms with Crippen molar-refractivity contribution in [1.82, 2.24) is 5.32 Å². The summed E-state index contributed by atoms with van der Waals surface area (Å²) in [4.78, 5) is 0. The minimum Gasteiger partial charge on any atom is -0.389 e. The summed E-state index contributed by atoms with van der Waals surface area (Å²) in [6.45, 7) is 11.7. The van der Waals surface area contributed by atoms with E-state index in [0.717, 1.165) is 32.2 Å². The van der Waals surface area contributed by atoms with Gasteiger partial charge in [0.05, 0.1) is 17.1 Å². The van der Waals surface area contributed by atoms with E-state index in [0.29, 0.717) is 12.5 Å². The Bertz CT molecular complexity index is 264. The zero-order valence-corrected chi connectivity index (χ0v) is 12.7. The number of nitrogens with one attached hydrogen (secondary N) is 1. The molecule has 0 saturated carbocycles. The van der Waals surface area contributed by atoms with Crippen molar-refractivity contribution in [2.24, 2.45) is 11.3 Å². The highest BCUT2D eigenvalue weighted by Crippen LogP contribution is 2.21. The molecule has 0 aromatic rings. The van der Waals surface area contributed by atoms with E-state index in [9.17, 15) is 5.11 Å². The van der Waals surface area contributed by atoms with E-state index in [4.69, 9.17) is 5.26 Å². The van der Waals surface area contributed by atoms with Crippen molar-refractivity contribution in [2.75, 3.05) is 13.1 Å². The van der Waals surface area contributed by atoms with Gasteiger partial charge < -0.3 is 10.4 Å². The highest BCUT2D eigenvalue weighted by Gasteiger charge is 2.21. The van der Waals surface area contributed by atoms with Gasteiger partial charge in [-0.05, 0) is 52.5 Å². The maximum absolute atomic E-state index is 10.1. The molecule has 2 N–H and O–H groups in total. The lowest BCUT2D eigenvalue weighted by Gasteiger charge is -2.25. The largest absolute Gasteiger partial charge is 0.389 e. The molecule has 0 spiro atoms. The highest BCUT2D eigenvalue weighted by molar-refractivity contribution is 4.91. The topological polar surface area (TPSA) is 56.0 Å². The minimum absolute atomic E-state index is 0.205. The molecule has 0 heterocycles. The quantitative estimate of drug-likeness (QED) is 0.622. The molecule has 3 nitrogen and oxygen atoms in total. The first kappa shape index (κ1) is 17.4. The number of hydrogen-bond donors (Lipinski definition) is 2. The number of hydrogen-bond acceptors (Lipinski definition) is 3. The normalized spacial score (nSPS) is 15.4. The molecule has 0 rings (SSSR count). The Morgan fingerprint density at radius 1 is 1.22 bits per heavy atom. The van der Waals surface area contributed by atoms with E-state index in [1.807, 2.05) is 20.8 Å². The van der Waals surface area contributed by atoms with Gasteiger partial charge in [-0.15, -0.1) is 0 Å². The van der Waals surface area contributed by atoms with E-state index in [1.165, 1.54) is 0 Å². The molecule has 0 bridgehead atoms. The number of nitrogens with zero attached hydrogens (tertiary/aromatic N) is 1. The number of unbranched alkanes of at least 4 members (excludes halogenated alkanes) is 1. The highest BCUT2D eigenvalue weighted by atomic mass is 16.3. The second-order valence-corrected chi connectivity index (χ2v) is 6.72. The van der Waals surface area contributed by atoms with E-state index in [1.54, 1.807) is 0 Å². The Labute approximate surface area is 113 Å². The van der Waals surface area contributed by atoms with Crippen LogP contribution in [0.15, 0.2) is 0 Å². The summed E-state index contributed by atoms with van der Waals surface area (Å²) < 4.78 is 0. The van der Waals surface area contributed by atoms with Gasteiger partial charge in [-0.2, -0.15) is 5.26 Å². The molecule has 0 radical (unpaired) electrons. The first-order valence-corrected chi connectivity index (χ1v) is 7.03. The molecule has 106 valence electrons. The molecule has 0 aliphatic heterocycles. The smallest absolute Gasteiger partial charge is 0.0746 e. The van der Waals surface area contributed by atoms with Gasteiger partial charge in [0.15, 0.2) is 0 Å². The summed E-state index contributed by atoms with van der Waals surface area (Å²) in [5, 5.41) is 22.3. The standard InChI is InChI=1S/C15H30N2O/c1-13(2)10-15(5,18)12-17-9-7-6-8-14(3,4)11-16/h13,17-18H,6-10,12H2,1-5H3. The molecule has 0 aliphatic rings. The van der Waals surface area contributed by atoms with Gasteiger partial charge in [-0.3, -0.25) is 0 Å². The van der Waals surface area contributed by atoms with E-state index < -0.39 is 5.60 Å². The third kappa shape index (κ3) is 9.44. The second kappa shape index (κ2) is 7.76. The molecule has 0 aliphatic carbocycles. The zero-order chi connectivity index (χ0) is 14.2. The van der Waals surface area contributed by atoms with Gasteiger partial charge >= 0.3 is 0 Å². The summed E-state index contributed by atoms with van der Waals surface area (Å²) >= 11 is 0. The molecule has 3 heteroatoms. The fourth-order valence-corrected chi connectivity index (χ4v) is 2.18. The Kier molecular flexibility index (Phi) is 7.51. The molecular weight excluding hydrogens is 224 g/mol. The van der Waals surface area contributed by atoms with E-state index in [2.05, 4.69) is 25.2 Å². The summed E-state index contributed by atoms with van der Waals surface area (Å²) in [7, 11) is 0. The van der Waals surface area contributed by atoms with Crippen LogP contribution in [-0.4, -0.2) is 23.8 Å². The monoisotopic (exact) mass is 254 g/mol. The summed E-state index contributed by atoms with van der Waals surface area (Å²) in [6.07, 6.45) is 3.87. The van der Waals surface area contributed by atoms with Gasteiger partial charge in [0, 0.05) is 6.54 Å². The predicted molar refractivity (Wildman–Crippen MR) is 76.2 cm³/mol. The van der Waals surface area contributed by atoms with Crippen LogP contribution in [0.4, 0.5) is 0 Å². The van der Waals surface area contributed by atoms with Crippen LogP contribution in [0.25, 0.3) is 0 Å². The maximum Gasteiger partial charge on any atom is 0.0746 e. The van der Waals surface area contributed by atoms with Gasteiger partial charge in [-0.25, -0.2) is 0 Å². The van der Waals surface area contributed by atoms with E-state index >= 15 is 0 Å². The number of aliphatic hydroxyl groups is 1. The van der Waals surface area contributed by atoms with Crippen LogP contribution in [0.3, 0.4) is 0 Å². The molecule has 1 atom stereocenters. The van der Waals surface area contributed by atoms with Gasteiger partial charge in [0.2, 0.25) is 0 Å². The molecular formula is C15H30N2O. The van der Waals surface area contributed by atoms with Crippen molar-refractivity contribution in [3.8, 4) is 6.07 Å². The average molecular weight is 254 g/mol. The average Bonchev–Trinajstić information content (AvgIpc) is 2.21. The first-order chi connectivity index (χ1) is 8.18. The Hall–Kier alpha value is -0.590. The van der Waals surface area contributed by atoms with Gasteiger partial charge in [0.1, 0.15) is 0 Å². The molecule has 0 amide bonds. The van der Waals surface area contributed by atoms with Crippen LogP contribution >= 0.6 is 0 Å². The lowest BCUT2D eigenvalue weighted by Crippen LogP contribution is -2.39. The van der Waals surface area contributed by atoms with Gasteiger partial charge in [-0.1, -0.05) is 20.3 Å². The molecule has 0 saturated heterocycles. The SMILES string of the molecule is CC(C)CC(C)(O)CNCCCCC(C)(C)C#N. The van der Waals surface area contributed by atoms with Crippen LogP contribution in [0.5, 0.6) is 0 Å². The lowest BCUT2D eigenvalue weighted by molar-refractivity contribution is 0.0387. The van der Waals surface area contributed by atoms with E-state index in [-0.39, 0.29) is 5.41 Å². The fraction of sp³-hybridized carbons (Fsp3) is 0.933. The summed E-state index contributed by atoms with van der Waals surface area (Å²) in [5.74, 6) is 0.512. The maximum atomic E-state index is 10.1. The van der Waals surface area contributed by atoms with Crippen LogP contribution < -0.4 is 5.32 Å². The predicted octanol–water partition coefficient (Wildman–Crippen LogP) is 3.09. The third-order valence-corrected chi connectivity index (χ3v) is 3.06. The minimum atomic E-state index is -0.611. The van der Waals surface area contributed by atoms with Crippen molar-refractivity contribution in [3.63, 3.8) is 0 Å². The summed E-state index contributed by atoms with van der Waals surface area (Å²) in [5.41, 5.74) is -0.816. The van der Waals surface area contributed by atoms with Crippen LogP contribution in [0.1, 0.15) is 60.3 Å². The third-order valence-electron chi connectivity index (χ3n) is 3.06. The van der Waals surface area contributed by atoms with Crippen molar-refractivity contribution in [2.45, 2.75) is 65.9 Å². The van der Waals surface area contributed by atoms with Crippen molar-refractivity contribution in [1.29, 1.82) is 5.26 Å². The van der Waals surface area contributed by atoms with Crippen LogP contribution in [0, 0.1) is 22.7 Å². The van der Waals surface area contributed by atoms with Crippen LogP contribution in [0.2, 0.25) is 0 Å². The molecule has 0 aromatic heterocycles. The molecule has 0 fully saturated rings. The van der Waals surface area contributed by atoms with Gasteiger partial charge in [0.25, 0.3) is 0 Å².